The van der Waals surface area contributed by atoms with Crippen LogP contribution in [0, 0.1) is 0 Å². The third-order valence-corrected chi connectivity index (χ3v) is 3.60. The highest BCUT2D eigenvalue weighted by molar-refractivity contribution is 5.53. The summed E-state index contributed by atoms with van der Waals surface area (Å²) < 4.78 is 1.73. The average molecular weight is 258 g/mol. The van der Waals surface area contributed by atoms with Crippen molar-refractivity contribution in [2.45, 2.75) is 38.0 Å². The summed E-state index contributed by atoms with van der Waals surface area (Å²) >= 11 is 0. The van der Waals surface area contributed by atoms with Gasteiger partial charge in [0.1, 0.15) is 5.82 Å². The van der Waals surface area contributed by atoms with Gasteiger partial charge in [-0.3, -0.25) is 4.68 Å². The zero-order chi connectivity index (χ0) is 13.2. The molecule has 0 aromatic carbocycles. The Balaban J connectivity index is 1.95. The van der Waals surface area contributed by atoms with Gasteiger partial charge in [-0.2, -0.15) is 15.1 Å². The molecule has 1 aliphatic rings. The molecule has 100 valence electrons. The van der Waals surface area contributed by atoms with Crippen LogP contribution in [0.15, 0.2) is 12.4 Å². The van der Waals surface area contributed by atoms with Crippen molar-refractivity contribution in [1.29, 1.82) is 0 Å². The van der Waals surface area contributed by atoms with Crippen molar-refractivity contribution in [3.63, 3.8) is 0 Å². The molecule has 0 saturated heterocycles. The van der Waals surface area contributed by atoms with Crippen molar-refractivity contribution in [2.75, 3.05) is 5.73 Å². The largest absolute Gasteiger partial charge is 0.368 e. The molecule has 19 heavy (non-hydrogen) atoms. The lowest BCUT2D eigenvalue weighted by atomic mass is 9.89. The first-order valence-electron chi connectivity index (χ1n) is 6.73. The fourth-order valence-electron chi connectivity index (χ4n) is 2.62. The number of nitrogens with two attached hydrogens (primary N) is 1. The molecule has 0 aliphatic heterocycles. The van der Waals surface area contributed by atoms with Crippen LogP contribution in [0.1, 0.15) is 43.8 Å². The first kappa shape index (κ1) is 12.1. The summed E-state index contributed by atoms with van der Waals surface area (Å²) in [7, 11) is 1.87. The van der Waals surface area contributed by atoms with Crippen molar-refractivity contribution in [2.24, 2.45) is 7.05 Å². The molecular formula is C13H18N6. The van der Waals surface area contributed by atoms with Crippen molar-refractivity contribution in [1.82, 2.24) is 24.7 Å². The SMILES string of the molecule is Cn1cc(-c2nc(N)nc(C3CCCCC3)n2)cn1. The second-order valence-corrected chi connectivity index (χ2v) is 5.11. The van der Waals surface area contributed by atoms with E-state index in [1.165, 1.54) is 19.3 Å². The Bertz CT molecular complexity index is 570. The van der Waals surface area contributed by atoms with Gasteiger partial charge in [-0.25, -0.2) is 4.98 Å². The van der Waals surface area contributed by atoms with E-state index < -0.39 is 0 Å². The maximum absolute atomic E-state index is 5.82. The summed E-state index contributed by atoms with van der Waals surface area (Å²) in [6.45, 7) is 0. The van der Waals surface area contributed by atoms with Crippen molar-refractivity contribution in [3.05, 3.63) is 18.2 Å². The lowest BCUT2D eigenvalue weighted by Gasteiger charge is -2.20. The van der Waals surface area contributed by atoms with Gasteiger partial charge in [-0.05, 0) is 12.8 Å². The van der Waals surface area contributed by atoms with Gasteiger partial charge in [0.25, 0.3) is 0 Å². The van der Waals surface area contributed by atoms with E-state index in [9.17, 15) is 0 Å². The summed E-state index contributed by atoms with van der Waals surface area (Å²) in [6, 6.07) is 0. The quantitative estimate of drug-likeness (QED) is 0.889. The molecule has 1 aliphatic carbocycles. The minimum absolute atomic E-state index is 0.300. The number of aromatic nitrogens is 5. The van der Waals surface area contributed by atoms with Crippen LogP contribution in [0.2, 0.25) is 0 Å². The van der Waals surface area contributed by atoms with Gasteiger partial charge < -0.3 is 5.73 Å². The fourth-order valence-corrected chi connectivity index (χ4v) is 2.62. The van der Waals surface area contributed by atoms with E-state index in [2.05, 4.69) is 20.1 Å². The number of nitrogen functional groups attached to an aromatic ring is 1. The molecule has 2 aromatic rings. The number of anilines is 1. The predicted octanol–water partition coefficient (Wildman–Crippen LogP) is 1.90. The first-order valence-corrected chi connectivity index (χ1v) is 6.73. The van der Waals surface area contributed by atoms with Gasteiger partial charge >= 0.3 is 0 Å². The smallest absolute Gasteiger partial charge is 0.223 e. The second kappa shape index (κ2) is 4.95. The molecule has 0 radical (unpaired) electrons. The Morgan fingerprint density at radius 1 is 1.16 bits per heavy atom. The molecule has 6 nitrogen and oxygen atoms in total. The van der Waals surface area contributed by atoms with Gasteiger partial charge in [0.2, 0.25) is 5.95 Å². The maximum atomic E-state index is 5.82. The highest BCUT2D eigenvalue weighted by atomic mass is 15.2. The fraction of sp³-hybridized carbons (Fsp3) is 0.538. The lowest BCUT2D eigenvalue weighted by molar-refractivity contribution is 0.428. The van der Waals surface area contributed by atoms with Crippen LogP contribution in [0.25, 0.3) is 11.4 Å². The molecular weight excluding hydrogens is 240 g/mol. The monoisotopic (exact) mass is 258 g/mol. The number of rotatable bonds is 2. The molecule has 2 heterocycles. The predicted molar refractivity (Wildman–Crippen MR) is 72.3 cm³/mol. The lowest BCUT2D eigenvalue weighted by Crippen LogP contribution is -2.12. The molecule has 1 saturated carbocycles. The van der Waals surface area contributed by atoms with Crippen molar-refractivity contribution in [3.8, 4) is 11.4 Å². The average Bonchev–Trinajstić information content (AvgIpc) is 2.86. The van der Waals surface area contributed by atoms with E-state index in [1.54, 1.807) is 10.9 Å². The van der Waals surface area contributed by atoms with Crippen LogP contribution in [-0.2, 0) is 7.05 Å². The standard InChI is InChI=1S/C13H18N6/c1-19-8-10(7-15-19)12-16-11(17-13(14)18-12)9-5-3-2-4-6-9/h7-9H,2-6H2,1H3,(H2,14,16,17,18). The van der Waals surface area contributed by atoms with Crippen LogP contribution in [0.4, 0.5) is 5.95 Å². The molecule has 2 aromatic heterocycles. The Kier molecular flexibility index (Phi) is 3.15. The highest BCUT2D eigenvalue weighted by Gasteiger charge is 2.20. The second-order valence-electron chi connectivity index (χ2n) is 5.11. The van der Waals surface area contributed by atoms with E-state index in [0.29, 0.717) is 17.7 Å². The summed E-state index contributed by atoms with van der Waals surface area (Å²) in [5, 5.41) is 4.14. The highest BCUT2D eigenvalue weighted by Crippen LogP contribution is 2.31. The Labute approximate surface area is 112 Å². The Hall–Kier alpha value is -1.98. The van der Waals surface area contributed by atoms with Crippen molar-refractivity contribution < 1.29 is 0 Å². The number of hydrogen-bond acceptors (Lipinski definition) is 5. The van der Waals surface area contributed by atoms with Crippen LogP contribution in [0.5, 0.6) is 0 Å². The van der Waals surface area contributed by atoms with Gasteiger partial charge in [0.15, 0.2) is 5.82 Å². The van der Waals surface area contributed by atoms with Gasteiger partial charge in [-0.1, -0.05) is 19.3 Å². The van der Waals surface area contributed by atoms with E-state index in [0.717, 1.165) is 24.2 Å². The number of nitrogens with zero attached hydrogens (tertiary/aromatic N) is 5. The molecule has 6 heteroatoms. The van der Waals surface area contributed by atoms with Crippen molar-refractivity contribution >= 4 is 5.95 Å². The number of hydrogen-bond donors (Lipinski definition) is 1. The summed E-state index contributed by atoms with van der Waals surface area (Å²) in [6.07, 6.45) is 9.74. The minimum atomic E-state index is 0.300. The molecule has 1 fully saturated rings. The van der Waals surface area contributed by atoms with Gasteiger partial charge in [0.05, 0.1) is 11.8 Å². The van der Waals surface area contributed by atoms with Crippen LogP contribution in [0.3, 0.4) is 0 Å². The van der Waals surface area contributed by atoms with Crippen LogP contribution < -0.4 is 5.73 Å². The molecule has 0 unspecified atom stereocenters. The van der Waals surface area contributed by atoms with Crippen LogP contribution in [-0.4, -0.2) is 24.7 Å². The zero-order valence-corrected chi connectivity index (χ0v) is 11.1. The van der Waals surface area contributed by atoms with Gasteiger partial charge in [0, 0.05) is 19.2 Å². The first-order chi connectivity index (χ1) is 9.22. The van der Waals surface area contributed by atoms with E-state index in [-0.39, 0.29) is 0 Å². The normalized spacial score (nSPS) is 16.7. The maximum Gasteiger partial charge on any atom is 0.223 e. The molecule has 0 atom stereocenters. The van der Waals surface area contributed by atoms with Gasteiger partial charge in [-0.15, -0.1) is 0 Å². The topological polar surface area (TPSA) is 82.5 Å². The molecule has 2 N–H and O–H groups in total. The summed E-state index contributed by atoms with van der Waals surface area (Å²) in [5.74, 6) is 2.19. The van der Waals surface area contributed by atoms with E-state index in [4.69, 9.17) is 5.73 Å². The molecule has 0 spiro atoms. The number of aryl methyl sites for hydroxylation is 1. The van der Waals surface area contributed by atoms with Crippen LogP contribution >= 0.6 is 0 Å². The molecule has 0 bridgehead atoms. The van der Waals surface area contributed by atoms with E-state index >= 15 is 0 Å². The Morgan fingerprint density at radius 2 is 1.95 bits per heavy atom. The molecule has 0 amide bonds. The third-order valence-electron chi connectivity index (χ3n) is 3.60. The summed E-state index contributed by atoms with van der Waals surface area (Å²) in [4.78, 5) is 13.1. The molecule has 3 rings (SSSR count). The third kappa shape index (κ3) is 2.57. The minimum Gasteiger partial charge on any atom is -0.368 e. The van der Waals surface area contributed by atoms with E-state index in [1.807, 2.05) is 13.2 Å². The zero-order valence-electron chi connectivity index (χ0n) is 11.1. The Morgan fingerprint density at radius 3 is 2.63 bits per heavy atom. The summed E-state index contributed by atoms with van der Waals surface area (Å²) in [5.41, 5.74) is 6.70.